The second-order valence-corrected chi connectivity index (χ2v) is 10.7. The fourth-order valence-corrected chi connectivity index (χ4v) is 4.85. The summed E-state index contributed by atoms with van der Waals surface area (Å²) < 4.78 is 0. The van der Waals surface area contributed by atoms with Gasteiger partial charge in [0.15, 0.2) is 0 Å². The summed E-state index contributed by atoms with van der Waals surface area (Å²) >= 11 is 1.53. The van der Waals surface area contributed by atoms with E-state index in [1.165, 1.54) is 11.8 Å². The molecule has 0 saturated carbocycles. The molecule has 0 fully saturated rings. The van der Waals surface area contributed by atoms with Crippen molar-refractivity contribution in [2.75, 3.05) is 12.0 Å². The Morgan fingerprint density at radius 3 is 2.07 bits per heavy atom. The van der Waals surface area contributed by atoms with Crippen LogP contribution in [0.4, 0.5) is 0 Å². The highest BCUT2D eigenvalue weighted by molar-refractivity contribution is 7.98. The number of aromatic amines is 1. The average Bonchev–Trinajstić information content (AvgIpc) is 3.37. The highest BCUT2D eigenvalue weighted by Crippen LogP contribution is 2.19. The van der Waals surface area contributed by atoms with Crippen molar-refractivity contribution in [3.63, 3.8) is 0 Å². The highest BCUT2D eigenvalue weighted by atomic mass is 32.2. The van der Waals surface area contributed by atoms with Crippen molar-refractivity contribution >= 4 is 52.3 Å². The predicted octanol–water partition coefficient (Wildman–Crippen LogP) is 1.05. The topological polar surface area (TPSA) is 204 Å². The van der Waals surface area contributed by atoms with E-state index in [1.54, 1.807) is 36.5 Å². The SMILES string of the molecule is CSCCC(N)C(=O)NC(Cc1c[nH]c2ccccc12)C(=O)NC(Cc1ccccc1)C(=O)NC(CC(=O)O)C(=O)O. The molecule has 0 aliphatic carbocycles. The van der Waals surface area contributed by atoms with Crippen LogP contribution in [0, 0.1) is 0 Å². The van der Waals surface area contributed by atoms with Gasteiger partial charge in [-0.3, -0.25) is 19.2 Å². The van der Waals surface area contributed by atoms with Crippen LogP contribution >= 0.6 is 11.8 Å². The van der Waals surface area contributed by atoms with Crippen molar-refractivity contribution in [3.8, 4) is 0 Å². The minimum Gasteiger partial charge on any atom is -0.481 e. The van der Waals surface area contributed by atoms with Gasteiger partial charge < -0.3 is 36.9 Å². The average molecular weight is 598 g/mol. The monoisotopic (exact) mass is 597 g/mol. The Hall–Kier alpha value is -4.36. The number of carboxylic acids is 2. The van der Waals surface area contributed by atoms with Gasteiger partial charge >= 0.3 is 11.9 Å². The van der Waals surface area contributed by atoms with E-state index in [0.29, 0.717) is 17.7 Å². The van der Waals surface area contributed by atoms with Crippen molar-refractivity contribution in [1.82, 2.24) is 20.9 Å². The van der Waals surface area contributed by atoms with Crippen molar-refractivity contribution in [1.29, 1.82) is 0 Å². The van der Waals surface area contributed by atoms with Gasteiger partial charge in [-0.05, 0) is 35.6 Å². The molecule has 0 radical (unpaired) electrons. The minimum atomic E-state index is -1.71. The van der Waals surface area contributed by atoms with Crippen LogP contribution in [-0.4, -0.2) is 81.0 Å². The Labute approximate surface area is 246 Å². The zero-order valence-corrected chi connectivity index (χ0v) is 23.9. The molecule has 3 amide bonds. The number of carbonyl (C=O) groups excluding carboxylic acids is 3. The first-order valence-electron chi connectivity index (χ1n) is 13.3. The van der Waals surface area contributed by atoms with E-state index in [1.807, 2.05) is 30.5 Å². The van der Waals surface area contributed by atoms with E-state index in [2.05, 4.69) is 20.9 Å². The second kappa shape index (κ2) is 15.6. The number of rotatable bonds is 16. The van der Waals surface area contributed by atoms with Crippen molar-refractivity contribution in [3.05, 3.63) is 71.9 Å². The second-order valence-electron chi connectivity index (χ2n) is 9.76. The first-order valence-corrected chi connectivity index (χ1v) is 14.7. The summed E-state index contributed by atoms with van der Waals surface area (Å²) in [6.07, 6.45) is 3.24. The molecule has 4 atom stereocenters. The number of nitrogens with two attached hydrogens (primary N) is 1. The maximum atomic E-state index is 13.7. The molecule has 0 saturated heterocycles. The molecule has 0 spiro atoms. The number of benzene rings is 2. The van der Waals surface area contributed by atoms with E-state index in [0.717, 1.165) is 16.5 Å². The molecule has 0 aliphatic heterocycles. The summed E-state index contributed by atoms with van der Waals surface area (Å²) in [5, 5.41) is 26.9. The largest absolute Gasteiger partial charge is 0.481 e. The minimum absolute atomic E-state index is 0.0151. The molecule has 1 aromatic heterocycles. The lowest BCUT2D eigenvalue weighted by Gasteiger charge is -2.25. The predicted molar refractivity (Wildman–Crippen MR) is 159 cm³/mol. The summed E-state index contributed by atoms with van der Waals surface area (Å²) in [5.41, 5.74) is 8.32. The Kier molecular flexibility index (Phi) is 11.9. The van der Waals surface area contributed by atoms with Crippen LogP contribution in [0.25, 0.3) is 10.9 Å². The van der Waals surface area contributed by atoms with Crippen LogP contribution in [0.3, 0.4) is 0 Å². The Bertz CT molecular complexity index is 1400. The van der Waals surface area contributed by atoms with E-state index >= 15 is 0 Å². The molecule has 8 N–H and O–H groups in total. The number of carbonyl (C=O) groups is 5. The smallest absolute Gasteiger partial charge is 0.326 e. The molecule has 12 nitrogen and oxygen atoms in total. The normalized spacial score (nSPS) is 13.9. The third-order valence-corrected chi connectivity index (χ3v) is 7.25. The van der Waals surface area contributed by atoms with Crippen molar-refractivity contribution < 1.29 is 34.2 Å². The first-order chi connectivity index (χ1) is 20.1. The molecule has 4 unspecified atom stereocenters. The van der Waals surface area contributed by atoms with Crippen molar-refractivity contribution in [2.24, 2.45) is 5.73 Å². The molecule has 42 heavy (non-hydrogen) atoms. The quantitative estimate of drug-likeness (QED) is 0.126. The van der Waals surface area contributed by atoms with Gasteiger partial charge in [-0.15, -0.1) is 0 Å². The lowest BCUT2D eigenvalue weighted by atomic mass is 10.0. The van der Waals surface area contributed by atoms with Gasteiger partial charge in [0.05, 0.1) is 12.5 Å². The molecule has 3 rings (SSSR count). The lowest BCUT2D eigenvalue weighted by molar-refractivity contribution is -0.147. The van der Waals surface area contributed by atoms with E-state index in [9.17, 15) is 29.1 Å². The maximum absolute atomic E-state index is 13.7. The number of aromatic nitrogens is 1. The highest BCUT2D eigenvalue weighted by Gasteiger charge is 2.31. The number of hydrogen-bond acceptors (Lipinski definition) is 7. The molecular formula is C29H35N5O7S. The number of H-pyrrole nitrogens is 1. The lowest BCUT2D eigenvalue weighted by Crippen LogP contribution is -2.58. The maximum Gasteiger partial charge on any atom is 0.326 e. The molecule has 0 aliphatic rings. The number of thioether (sulfide) groups is 1. The number of fused-ring (bicyclic) bond motifs is 1. The van der Waals surface area contributed by atoms with Gasteiger partial charge in [-0.2, -0.15) is 11.8 Å². The number of amides is 3. The van der Waals surface area contributed by atoms with Crippen LogP contribution in [0.5, 0.6) is 0 Å². The van der Waals surface area contributed by atoms with Gasteiger partial charge in [0.1, 0.15) is 18.1 Å². The number of nitrogens with one attached hydrogen (secondary N) is 4. The summed E-state index contributed by atoms with van der Waals surface area (Å²) in [4.78, 5) is 65.8. The third kappa shape index (κ3) is 9.35. The van der Waals surface area contributed by atoms with Crippen LogP contribution in [0.15, 0.2) is 60.8 Å². The van der Waals surface area contributed by atoms with Gasteiger partial charge in [0, 0.05) is 29.9 Å². The van der Waals surface area contributed by atoms with Gasteiger partial charge in [0.2, 0.25) is 17.7 Å². The van der Waals surface area contributed by atoms with Crippen molar-refractivity contribution in [2.45, 2.75) is 49.9 Å². The summed E-state index contributed by atoms with van der Waals surface area (Å²) in [5.74, 6) is -4.39. The third-order valence-electron chi connectivity index (χ3n) is 6.61. The number of aliphatic carboxylic acids is 2. The summed E-state index contributed by atoms with van der Waals surface area (Å²) in [6, 6.07) is 11.2. The summed E-state index contributed by atoms with van der Waals surface area (Å²) in [6.45, 7) is 0. The van der Waals surface area contributed by atoms with Gasteiger partial charge in [-0.1, -0.05) is 48.5 Å². The fourth-order valence-electron chi connectivity index (χ4n) is 4.36. The standard InChI is InChI=1S/C29H35N5O7S/c1-42-12-11-20(30)26(37)32-23(14-18-16-31-21-10-6-5-9-19(18)21)28(39)33-22(13-17-7-3-2-4-8-17)27(38)34-24(29(40)41)15-25(35)36/h2-10,16,20,22-24,31H,11-15,30H2,1H3,(H,32,37)(H,33,39)(H,34,38)(H,35,36)(H,40,41). The molecular weight excluding hydrogens is 562 g/mol. The van der Waals surface area contributed by atoms with Crippen LogP contribution < -0.4 is 21.7 Å². The fraction of sp³-hybridized carbons (Fsp3) is 0.345. The molecule has 1 heterocycles. The molecule has 2 aromatic carbocycles. The molecule has 224 valence electrons. The molecule has 13 heteroatoms. The summed E-state index contributed by atoms with van der Waals surface area (Å²) in [7, 11) is 0. The number of para-hydroxylation sites is 1. The van der Waals surface area contributed by atoms with Crippen LogP contribution in [-0.2, 0) is 36.8 Å². The van der Waals surface area contributed by atoms with E-state index in [4.69, 9.17) is 10.8 Å². The number of carboxylic acid groups (broad SMARTS) is 2. The molecule has 0 bridgehead atoms. The Morgan fingerprint density at radius 1 is 0.833 bits per heavy atom. The zero-order chi connectivity index (χ0) is 30.6. The zero-order valence-electron chi connectivity index (χ0n) is 23.0. The van der Waals surface area contributed by atoms with E-state index < -0.39 is 60.2 Å². The molecule has 3 aromatic rings. The van der Waals surface area contributed by atoms with Crippen LogP contribution in [0.2, 0.25) is 0 Å². The Balaban J connectivity index is 1.88. The van der Waals surface area contributed by atoms with E-state index in [-0.39, 0.29) is 12.8 Å². The van der Waals surface area contributed by atoms with Gasteiger partial charge in [0.25, 0.3) is 0 Å². The van der Waals surface area contributed by atoms with Gasteiger partial charge in [-0.25, -0.2) is 4.79 Å². The first kappa shape index (κ1) is 32.2. The Morgan fingerprint density at radius 2 is 1.43 bits per heavy atom. The van der Waals surface area contributed by atoms with Crippen LogP contribution in [0.1, 0.15) is 24.0 Å². The number of hydrogen-bond donors (Lipinski definition) is 7.